The molecule has 2 rings (SSSR count). The largest absolute Gasteiger partial charge is 0.318 e. The molecule has 0 saturated heterocycles. The van der Waals surface area contributed by atoms with Crippen molar-refractivity contribution in [2.75, 3.05) is 5.84 Å². The zero-order chi connectivity index (χ0) is 9.42. The summed E-state index contributed by atoms with van der Waals surface area (Å²) in [6.45, 7) is 0. The van der Waals surface area contributed by atoms with Gasteiger partial charge in [0.1, 0.15) is 5.52 Å². The SMILES string of the molecule is Nn1nnc2cc(Cl)ccc2c1=O. The van der Waals surface area contributed by atoms with Crippen LogP contribution in [0.3, 0.4) is 0 Å². The highest BCUT2D eigenvalue weighted by atomic mass is 35.5. The van der Waals surface area contributed by atoms with Gasteiger partial charge in [-0.2, -0.15) is 0 Å². The smallest absolute Gasteiger partial charge is 0.296 e. The van der Waals surface area contributed by atoms with Gasteiger partial charge in [0.25, 0.3) is 5.56 Å². The van der Waals surface area contributed by atoms with E-state index < -0.39 is 0 Å². The van der Waals surface area contributed by atoms with Crippen LogP contribution in [0.1, 0.15) is 0 Å². The number of halogens is 1. The summed E-state index contributed by atoms with van der Waals surface area (Å²) in [5.41, 5.74) is 0.0564. The molecule has 13 heavy (non-hydrogen) atoms. The van der Waals surface area contributed by atoms with Crippen LogP contribution in [0, 0.1) is 0 Å². The van der Waals surface area contributed by atoms with Gasteiger partial charge in [0.15, 0.2) is 0 Å². The highest BCUT2D eigenvalue weighted by molar-refractivity contribution is 6.31. The number of hydrogen-bond acceptors (Lipinski definition) is 4. The minimum absolute atomic E-state index is 0.387. The maximum absolute atomic E-state index is 11.3. The molecule has 1 aromatic carbocycles. The van der Waals surface area contributed by atoms with Crippen molar-refractivity contribution in [3.8, 4) is 0 Å². The molecule has 0 fully saturated rings. The Morgan fingerprint density at radius 1 is 1.46 bits per heavy atom. The van der Waals surface area contributed by atoms with Crippen LogP contribution in [-0.2, 0) is 0 Å². The molecule has 2 N–H and O–H groups in total. The molecule has 66 valence electrons. The Bertz CT molecular complexity index is 521. The van der Waals surface area contributed by atoms with Gasteiger partial charge in [-0.1, -0.05) is 11.6 Å². The molecule has 0 amide bonds. The first kappa shape index (κ1) is 8.00. The maximum Gasteiger partial charge on any atom is 0.296 e. The van der Waals surface area contributed by atoms with E-state index in [2.05, 4.69) is 10.3 Å². The molecular formula is C7H5ClN4O. The van der Waals surface area contributed by atoms with E-state index in [0.717, 1.165) is 0 Å². The van der Waals surface area contributed by atoms with E-state index in [0.29, 0.717) is 20.7 Å². The fraction of sp³-hybridized carbons (Fsp3) is 0. The van der Waals surface area contributed by atoms with E-state index in [4.69, 9.17) is 17.4 Å². The molecule has 0 bridgehead atoms. The van der Waals surface area contributed by atoms with Gasteiger partial charge in [0.2, 0.25) is 0 Å². The van der Waals surface area contributed by atoms with Gasteiger partial charge in [-0.05, 0) is 23.4 Å². The third-order valence-electron chi connectivity index (χ3n) is 1.65. The van der Waals surface area contributed by atoms with Gasteiger partial charge >= 0.3 is 0 Å². The lowest BCUT2D eigenvalue weighted by atomic mass is 10.2. The predicted octanol–water partition coefficient (Wildman–Crippen LogP) is 0.159. The zero-order valence-corrected chi connectivity index (χ0v) is 7.19. The summed E-state index contributed by atoms with van der Waals surface area (Å²) in [6, 6.07) is 4.73. The summed E-state index contributed by atoms with van der Waals surface area (Å²) in [6.07, 6.45) is 0. The third-order valence-corrected chi connectivity index (χ3v) is 1.88. The van der Waals surface area contributed by atoms with E-state index >= 15 is 0 Å². The lowest BCUT2D eigenvalue weighted by Gasteiger charge is -1.97. The molecular weight excluding hydrogens is 192 g/mol. The van der Waals surface area contributed by atoms with Crippen LogP contribution in [0.25, 0.3) is 10.9 Å². The van der Waals surface area contributed by atoms with Crippen molar-refractivity contribution in [2.24, 2.45) is 0 Å². The minimum atomic E-state index is -0.387. The summed E-state index contributed by atoms with van der Waals surface area (Å²) in [7, 11) is 0. The zero-order valence-electron chi connectivity index (χ0n) is 6.44. The molecule has 0 aliphatic carbocycles. The van der Waals surface area contributed by atoms with Crippen LogP contribution in [0.5, 0.6) is 0 Å². The van der Waals surface area contributed by atoms with Crippen molar-refractivity contribution < 1.29 is 0 Å². The van der Waals surface area contributed by atoms with Crippen molar-refractivity contribution in [1.82, 2.24) is 15.1 Å². The summed E-state index contributed by atoms with van der Waals surface area (Å²) in [5.74, 6) is 5.22. The summed E-state index contributed by atoms with van der Waals surface area (Å²) >= 11 is 5.70. The van der Waals surface area contributed by atoms with E-state index in [-0.39, 0.29) is 5.56 Å². The number of fused-ring (bicyclic) bond motifs is 1. The van der Waals surface area contributed by atoms with Crippen LogP contribution in [0.4, 0.5) is 0 Å². The van der Waals surface area contributed by atoms with Crippen LogP contribution >= 0.6 is 11.6 Å². The number of benzene rings is 1. The second-order valence-corrected chi connectivity index (χ2v) is 2.94. The van der Waals surface area contributed by atoms with Crippen LogP contribution in [-0.4, -0.2) is 15.1 Å². The molecule has 2 aromatic rings. The molecule has 0 spiro atoms. The third kappa shape index (κ3) is 1.23. The van der Waals surface area contributed by atoms with Gasteiger partial charge < -0.3 is 5.84 Å². The number of rotatable bonds is 0. The van der Waals surface area contributed by atoms with Crippen molar-refractivity contribution in [2.45, 2.75) is 0 Å². The molecule has 0 atom stereocenters. The molecule has 6 heteroatoms. The molecule has 5 nitrogen and oxygen atoms in total. The normalized spacial score (nSPS) is 10.5. The molecule has 0 aliphatic heterocycles. The fourth-order valence-electron chi connectivity index (χ4n) is 1.03. The highest BCUT2D eigenvalue weighted by Gasteiger charge is 2.02. The van der Waals surface area contributed by atoms with Crippen LogP contribution in [0.15, 0.2) is 23.0 Å². The van der Waals surface area contributed by atoms with E-state index in [1.807, 2.05) is 0 Å². The average Bonchev–Trinajstić information content (AvgIpc) is 2.12. The molecule has 0 radical (unpaired) electrons. The standard InChI is InChI=1S/C7H5ClN4O/c8-4-1-2-5-6(3-4)10-11-12(9)7(5)13/h1-3H,9H2. The lowest BCUT2D eigenvalue weighted by molar-refractivity contribution is 0.702. The van der Waals surface area contributed by atoms with Crippen molar-refractivity contribution >= 4 is 22.5 Å². The van der Waals surface area contributed by atoms with E-state index in [1.54, 1.807) is 18.2 Å². The van der Waals surface area contributed by atoms with Gasteiger partial charge in [0, 0.05) is 5.02 Å². The Morgan fingerprint density at radius 3 is 3.00 bits per heavy atom. The van der Waals surface area contributed by atoms with Crippen molar-refractivity contribution in [3.05, 3.63) is 33.6 Å². The van der Waals surface area contributed by atoms with Crippen LogP contribution in [0.2, 0.25) is 5.02 Å². The molecule has 1 aromatic heterocycles. The highest BCUT2D eigenvalue weighted by Crippen LogP contribution is 2.12. The first-order valence-electron chi connectivity index (χ1n) is 3.49. The van der Waals surface area contributed by atoms with Crippen molar-refractivity contribution in [3.63, 3.8) is 0 Å². The second-order valence-electron chi connectivity index (χ2n) is 2.50. The summed E-state index contributed by atoms with van der Waals surface area (Å²) in [4.78, 5) is 12.0. The Morgan fingerprint density at radius 2 is 2.23 bits per heavy atom. The van der Waals surface area contributed by atoms with Gasteiger partial charge in [-0.15, -0.1) is 9.89 Å². The summed E-state index contributed by atoms with van der Waals surface area (Å²) < 4.78 is 0. The van der Waals surface area contributed by atoms with E-state index in [9.17, 15) is 4.79 Å². The molecule has 1 heterocycles. The number of aromatic nitrogens is 3. The summed E-state index contributed by atoms with van der Waals surface area (Å²) in [5, 5.41) is 8.04. The number of nitrogen functional groups attached to an aromatic ring is 1. The van der Waals surface area contributed by atoms with E-state index in [1.165, 1.54) is 0 Å². The van der Waals surface area contributed by atoms with Crippen molar-refractivity contribution in [1.29, 1.82) is 0 Å². The predicted molar refractivity (Wildman–Crippen MR) is 49.0 cm³/mol. The number of nitrogens with zero attached hydrogens (tertiary/aromatic N) is 3. The number of nitrogens with two attached hydrogens (primary N) is 1. The Hall–Kier alpha value is -1.62. The topological polar surface area (TPSA) is 73.8 Å². The average molecular weight is 197 g/mol. The molecule has 0 saturated carbocycles. The minimum Gasteiger partial charge on any atom is -0.318 e. The maximum atomic E-state index is 11.3. The van der Waals surface area contributed by atoms with Gasteiger partial charge in [-0.25, -0.2) is 0 Å². The molecule has 0 unspecified atom stereocenters. The fourth-order valence-corrected chi connectivity index (χ4v) is 1.20. The first-order valence-corrected chi connectivity index (χ1v) is 3.86. The van der Waals surface area contributed by atoms with Crippen LogP contribution < -0.4 is 11.4 Å². The quantitative estimate of drug-likeness (QED) is 0.609. The number of hydrogen-bond donors (Lipinski definition) is 1. The molecule has 0 aliphatic rings. The Balaban J connectivity index is 2.95. The Labute approximate surface area is 77.7 Å². The first-order chi connectivity index (χ1) is 6.18. The Kier molecular flexibility index (Phi) is 1.66. The van der Waals surface area contributed by atoms with Gasteiger partial charge in [-0.3, -0.25) is 4.79 Å². The monoisotopic (exact) mass is 196 g/mol. The lowest BCUT2D eigenvalue weighted by Crippen LogP contribution is -2.30. The second kappa shape index (κ2) is 2.70. The van der Waals surface area contributed by atoms with Gasteiger partial charge in [0.05, 0.1) is 5.39 Å².